The van der Waals surface area contributed by atoms with E-state index in [2.05, 4.69) is 4.74 Å². The minimum absolute atomic E-state index is 0.0340. The van der Waals surface area contributed by atoms with Crippen molar-refractivity contribution in [3.8, 4) is 0 Å². The number of esters is 1. The van der Waals surface area contributed by atoms with E-state index in [4.69, 9.17) is 4.74 Å². The molecule has 7 heteroatoms. The SMILES string of the molecule is COC(=O)C1CN(CC(=O)N(C)Cc2ccsc2)CCO1. The second kappa shape index (κ2) is 7.53. The van der Waals surface area contributed by atoms with E-state index < -0.39 is 12.1 Å². The summed E-state index contributed by atoms with van der Waals surface area (Å²) in [5.41, 5.74) is 1.13. The number of hydrogen-bond acceptors (Lipinski definition) is 6. The molecular weight excluding hydrogens is 292 g/mol. The molecule has 116 valence electrons. The van der Waals surface area contributed by atoms with Crippen LogP contribution in [0.4, 0.5) is 0 Å². The Hall–Kier alpha value is -1.44. The van der Waals surface area contributed by atoms with Crippen LogP contribution in [0.25, 0.3) is 0 Å². The molecule has 0 saturated carbocycles. The fourth-order valence-corrected chi connectivity index (χ4v) is 2.84. The summed E-state index contributed by atoms with van der Waals surface area (Å²) in [6.07, 6.45) is -0.598. The smallest absolute Gasteiger partial charge is 0.336 e. The number of ether oxygens (including phenoxy) is 2. The zero-order valence-electron chi connectivity index (χ0n) is 12.3. The first-order chi connectivity index (χ1) is 10.1. The third-order valence-electron chi connectivity index (χ3n) is 3.40. The van der Waals surface area contributed by atoms with Gasteiger partial charge in [0.1, 0.15) is 0 Å². The molecule has 0 aliphatic carbocycles. The van der Waals surface area contributed by atoms with Crippen molar-refractivity contribution in [1.82, 2.24) is 9.80 Å². The van der Waals surface area contributed by atoms with E-state index in [0.717, 1.165) is 5.56 Å². The average molecular weight is 312 g/mol. The van der Waals surface area contributed by atoms with Crippen LogP contribution in [0.1, 0.15) is 5.56 Å². The van der Waals surface area contributed by atoms with Crippen LogP contribution in [0.2, 0.25) is 0 Å². The number of nitrogens with zero attached hydrogens (tertiary/aromatic N) is 2. The van der Waals surface area contributed by atoms with Crippen LogP contribution < -0.4 is 0 Å². The second-order valence-corrected chi connectivity index (χ2v) is 5.78. The Kier molecular flexibility index (Phi) is 5.72. The molecule has 0 radical (unpaired) electrons. The largest absolute Gasteiger partial charge is 0.467 e. The van der Waals surface area contributed by atoms with E-state index in [-0.39, 0.29) is 12.5 Å². The average Bonchev–Trinajstić information content (AvgIpc) is 2.99. The Labute approximate surface area is 128 Å². The molecule has 6 nitrogen and oxygen atoms in total. The summed E-state index contributed by atoms with van der Waals surface area (Å²) in [5.74, 6) is -0.356. The molecular formula is C14H20N2O4S. The van der Waals surface area contributed by atoms with Crippen molar-refractivity contribution in [2.24, 2.45) is 0 Å². The van der Waals surface area contributed by atoms with Gasteiger partial charge in [-0.05, 0) is 22.4 Å². The molecule has 1 aliphatic rings. The Morgan fingerprint density at radius 2 is 2.38 bits per heavy atom. The molecule has 1 aromatic heterocycles. The van der Waals surface area contributed by atoms with Gasteiger partial charge < -0.3 is 14.4 Å². The van der Waals surface area contributed by atoms with Crippen molar-refractivity contribution < 1.29 is 19.1 Å². The Bertz CT molecular complexity index is 477. The summed E-state index contributed by atoms with van der Waals surface area (Å²) in [7, 11) is 3.13. The number of rotatable bonds is 5. The van der Waals surface area contributed by atoms with Gasteiger partial charge in [0.25, 0.3) is 0 Å². The van der Waals surface area contributed by atoms with Crippen molar-refractivity contribution in [2.75, 3.05) is 40.4 Å². The van der Waals surface area contributed by atoms with E-state index in [1.54, 1.807) is 23.3 Å². The predicted octanol–water partition coefficient (Wildman–Crippen LogP) is 0.580. The van der Waals surface area contributed by atoms with Crippen LogP contribution in [0.15, 0.2) is 16.8 Å². The van der Waals surface area contributed by atoms with Crippen LogP contribution >= 0.6 is 11.3 Å². The predicted molar refractivity (Wildman–Crippen MR) is 79.0 cm³/mol. The highest BCUT2D eigenvalue weighted by Gasteiger charge is 2.28. The third-order valence-corrected chi connectivity index (χ3v) is 4.13. The molecule has 2 heterocycles. The van der Waals surface area contributed by atoms with Gasteiger partial charge in [-0.1, -0.05) is 0 Å². The van der Waals surface area contributed by atoms with Gasteiger partial charge in [-0.2, -0.15) is 11.3 Å². The number of methoxy groups -OCH3 is 1. The molecule has 1 aliphatic heterocycles. The number of thiophene rings is 1. The zero-order valence-corrected chi connectivity index (χ0v) is 13.1. The molecule has 1 saturated heterocycles. The monoisotopic (exact) mass is 312 g/mol. The first-order valence-electron chi connectivity index (χ1n) is 6.77. The van der Waals surface area contributed by atoms with Crippen molar-refractivity contribution in [1.29, 1.82) is 0 Å². The topological polar surface area (TPSA) is 59.1 Å². The van der Waals surface area contributed by atoms with E-state index in [0.29, 0.717) is 26.2 Å². The molecule has 1 atom stereocenters. The van der Waals surface area contributed by atoms with Gasteiger partial charge in [0.05, 0.1) is 20.3 Å². The van der Waals surface area contributed by atoms with Gasteiger partial charge in [0.2, 0.25) is 5.91 Å². The van der Waals surface area contributed by atoms with Crippen molar-refractivity contribution in [2.45, 2.75) is 12.6 Å². The van der Waals surface area contributed by atoms with Crippen LogP contribution in [0.5, 0.6) is 0 Å². The molecule has 2 rings (SSSR count). The minimum Gasteiger partial charge on any atom is -0.467 e. The van der Waals surface area contributed by atoms with Crippen molar-refractivity contribution in [3.63, 3.8) is 0 Å². The molecule has 0 spiro atoms. The van der Waals surface area contributed by atoms with Gasteiger partial charge in [-0.25, -0.2) is 4.79 Å². The summed E-state index contributed by atoms with van der Waals surface area (Å²) in [5, 5.41) is 4.03. The lowest BCUT2D eigenvalue weighted by Gasteiger charge is -2.31. The van der Waals surface area contributed by atoms with Gasteiger partial charge in [0.15, 0.2) is 6.10 Å². The zero-order chi connectivity index (χ0) is 15.2. The number of carbonyl (C=O) groups excluding carboxylic acids is 2. The molecule has 21 heavy (non-hydrogen) atoms. The lowest BCUT2D eigenvalue weighted by Crippen LogP contribution is -2.49. The van der Waals surface area contributed by atoms with Crippen LogP contribution in [0.3, 0.4) is 0 Å². The van der Waals surface area contributed by atoms with Gasteiger partial charge >= 0.3 is 5.97 Å². The molecule has 1 aromatic rings. The Balaban J connectivity index is 1.82. The van der Waals surface area contributed by atoms with E-state index in [1.165, 1.54) is 7.11 Å². The Morgan fingerprint density at radius 3 is 3.05 bits per heavy atom. The number of carbonyl (C=O) groups is 2. The van der Waals surface area contributed by atoms with Crippen LogP contribution in [-0.2, 0) is 25.6 Å². The third kappa shape index (κ3) is 4.52. The highest BCUT2D eigenvalue weighted by molar-refractivity contribution is 7.07. The highest BCUT2D eigenvalue weighted by Crippen LogP contribution is 2.10. The highest BCUT2D eigenvalue weighted by atomic mass is 32.1. The molecule has 1 amide bonds. The number of amides is 1. The summed E-state index contributed by atoms with van der Waals surface area (Å²) in [6.45, 7) is 2.36. The lowest BCUT2D eigenvalue weighted by atomic mass is 10.2. The van der Waals surface area contributed by atoms with Crippen molar-refractivity contribution >= 4 is 23.2 Å². The lowest BCUT2D eigenvalue weighted by molar-refractivity contribution is -0.160. The number of likely N-dealkylation sites (N-methyl/N-ethyl adjacent to an activating group) is 1. The fraction of sp³-hybridized carbons (Fsp3) is 0.571. The first kappa shape index (κ1) is 15.9. The summed E-state index contributed by atoms with van der Waals surface area (Å²) < 4.78 is 10.0. The standard InChI is InChI=1S/C14H20N2O4S/c1-15(7-11-3-6-21-10-11)13(17)9-16-4-5-20-12(8-16)14(18)19-2/h3,6,10,12H,4-5,7-9H2,1-2H3. The molecule has 0 N–H and O–H groups in total. The summed E-state index contributed by atoms with van der Waals surface area (Å²) in [6, 6.07) is 2.01. The van der Waals surface area contributed by atoms with Crippen LogP contribution in [-0.4, -0.2) is 68.2 Å². The maximum atomic E-state index is 12.2. The fourth-order valence-electron chi connectivity index (χ4n) is 2.18. The number of hydrogen-bond donors (Lipinski definition) is 0. The van der Waals surface area contributed by atoms with Gasteiger partial charge in [-0.15, -0.1) is 0 Å². The Morgan fingerprint density at radius 1 is 1.57 bits per heavy atom. The minimum atomic E-state index is -0.598. The molecule has 1 unspecified atom stereocenters. The van der Waals surface area contributed by atoms with Gasteiger partial charge in [-0.3, -0.25) is 9.69 Å². The van der Waals surface area contributed by atoms with E-state index in [1.807, 2.05) is 21.7 Å². The second-order valence-electron chi connectivity index (χ2n) is 5.00. The molecule has 0 aromatic carbocycles. The maximum Gasteiger partial charge on any atom is 0.336 e. The maximum absolute atomic E-state index is 12.2. The van der Waals surface area contributed by atoms with Gasteiger partial charge in [0, 0.05) is 26.7 Å². The summed E-state index contributed by atoms with van der Waals surface area (Å²) in [4.78, 5) is 27.3. The normalized spacial score (nSPS) is 19.2. The van der Waals surface area contributed by atoms with E-state index >= 15 is 0 Å². The van der Waals surface area contributed by atoms with E-state index in [9.17, 15) is 9.59 Å². The molecule has 0 bridgehead atoms. The first-order valence-corrected chi connectivity index (χ1v) is 7.71. The van der Waals surface area contributed by atoms with Crippen molar-refractivity contribution in [3.05, 3.63) is 22.4 Å². The molecule has 1 fully saturated rings. The quantitative estimate of drug-likeness (QED) is 0.745. The number of morpholine rings is 1. The summed E-state index contributed by atoms with van der Waals surface area (Å²) >= 11 is 1.62. The van der Waals surface area contributed by atoms with Crippen LogP contribution in [0, 0.1) is 0 Å².